The Bertz CT molecular complexity index is 385. The van der Waals surface area contributed by atoms with Crippen LogP contribution in [0.3, 0.4) is 0 Å². The Hall–Kier alpha value is -1.32. The van der Waals surface area contributed by atoms with Crippen LogP contribution in [0.5, 0.6) is 0 Å². The molecule has 0 aromatic heterocycles. The molecule has 0 spiro atoms. The van der Waals surface area contributed by atoms with E-state index >= 15 is 0 Å². The number of carbonyl (C=O) groups is 2. The van der Waals surface area contributed by atoms with Crippen LogP contribution in [0.1, 0.15) is 51.9 Å². The number of allylic oxidation sites excluding steroid dienone is 2. The second-order valence-electron chi connectivity index (χ2n) is 6.19. The van der Waals surface area contributed by atoms with Crippen LogP contribution < -0.4 is 5.32 Å². The first kappa shape index (κ1) is 15.1. The molecular weight excluding hydrogens is 254 g/mol. The summed E-state index contributed by atoms with van der Waals surface area (Å²) in [5.74, 6) is -1.38. The molecule has 2 aliphatic carbocycles. The molecule has 112 valence electrons. The van der Waals surface area contributed by atoms with Gasteiger partial charge in [-0.25, -0.2) is 0 Å². The van der Waals surface area contributed by atoms with Crippen LogP contribution >= 0.6 is 0 Å². The molecule has 0 aromatic carbocycles. The predicted octanol–water partition coefficient (Wildman–Crippen LogP) is 2.74. The van der Waals surface area contributed by atoms with Crippen LogP contribution in [0, 0.1) is 17.8 Å². The van der Waals surface area contributed by atoms with E-state index in [1.54, 1.807) is 0 Å². The zero-order valence-electron chi connectivity index (χ0n) is 12.2. The van der Waals surface area contributed by atoms with Crippen molar-refractivity contribution in [2.45, 2.75) is 57.9 Å². The third-order valence-electron chi connectivity index (χ3n) is 4.81. The number of rotatable bonds is 4. The standard InChI is InChI=1S/C16H25NO3/c1-11(12-7-3-2-4-8-12)17-15(18)13-9-5-6-10-14(13)16(19)20/h5-6,11-14H,2-4,7-10H2,1H3,(H,17,18)(H,19,20)/t11?,13-,14+/m1/s1. The largest absolute Gasteiger partial charge is 0.481 e. The van der Waals surface area contributed by atoms with Crippen molar-refractivity contribution in [1.82, 2.24) is 5.32 Å². The maximum Gasteiger partial charge on any atom is 0.307 e. The zero-order valence-corrected chi connectivity index (χ0v) is 12.2. The van der Waals surface area contributed by atoms with Crippen molar-refractivity contribution >= 4 is 11.9 Å². The monoisotopic (exact) mass is 279 g/mol. The van der Waals surface area contributed by atoms with Crippen LogP contribution in [-0.4, -0.2) is 23.0 Å². The van der Waals surface area contributed by atoms with Crippen molar-refractivity contribution in [2.24, 2.45) is 17.8 Å². The quantitative estimate of drug-likeness (QED) is 0.778. The van der Waals surface area contributed by atoms with E-state index in [0.717, 1.165) is 0 Å². The van der Waals surface area contributed by atoms with E-state index in [-0.39, 0.29) is 11.9 Å². The Morgan fingerprint density at radius 1 is 1.10 bits per heavy atom. The average molecular weight is 279 g/mol. The smallest absolute Gasteiger partial charge is 0.307 e. The fourth-order valence-corrected chi connectivity index (χ4v) is 3.46. The third kappa shape index (κ3) is 3.62. The van der Waals surface area contributed by atoms with Crippen molar-refractivity contribution < 1.29 is 14.7 Å². The Balaban J connectivity index is 1.92. The van der Waals surface area contributed by atoms with Gasteiger partial charge in [0.1, 0.15) is 0 Å². The van der Waals surface area contributed by atoms with Gasteiger partial charge < -0.3 is 10.4 Å². The normalized spacial score (nSPS) is 28.9. The van der Waals surface area contributed by atoms with Crippen molar-refractivity contribution in [3.63, 3.8) is 0 Å². The minimum Gasteiger partial charge on any atom is -0.481 e. The highest BCUT2D eigenvalue weighted by Crippen LogP contribution is 2.29. The molecule has 4 heteroatoms. The number of carboxylic acids is 1. The van der Waals surface area contributed by atoms with E-state index in [1.807, 2.05) is 12.2 Å². The van der Waals surface area contributed by atoms with Gasteiger partial charge in [-0.2, -0.15) is 0 Å². The molecule has 4 nitrogen and oxygen atoms in total. The minimum absolute atomic E-state index is 0.0835. The molecule has 20 heavy (non-hydrogen) atoms. The lowest BCUT2D eigenvalue weighted by Gasteiger charge is -2.31. The Morgan fingerprint density at radius 2 is 1.70 bits per heavy atom. The Kier molecular flexibility index (Phi) is 5.21. The van der Waals surface area contributed by atoms with Gasteiger partial charge in [0.15, 0.2) is 0 Å². The summed E-state index contributed by atoms with van der Waals surface area (Å²) < 4.78 is 0. The first-order chi connectivity index (χ1) is 9.59. The summed E-state index contributed by atoms with van der Waals surface area (Å²) in [7, 11) is 0. The average Bonchev–Trinajstić information content (AvgIpc) is 2.48. The molecule has 0 bridgehead atoms. The van der Waals surface area contributed by atoms with Gasteiger partial charge in [-0.3, -0.25) is 9.59 Å². The first-order valence-electron chi connectivity index (χ1n) is 7.77. The van der Waals surface area contributed by atoms with Crippen molar-refractivity contribution in [2.75, 3.05) is 0 Å². The lowest BCUT2D eigenvalue weighted by molar-refractivity contribution is -0.147. The van der Waals surface area contributed by atoms with Gasteiger partial charge in [0.05, 0.1) is 11.8 Å². The summed E-state index contributed by atoms with van der Waals surface area (Å²) in [6, 6.07) is 0.156. The molecule has 2 rings (SSSR count). The topological polar surface area (TPSA) is 66.4 Å². The summed E-state index contributed by atoms with van der Waals surface area (Å²) in [6.45, 7) is 2.06. The number of carbonyl (C=O) groups excluding carboxylic acids is 1. The maximum absolute atomic E-state index is 12.4. The molecule has 1 saturated carbocycles. The summed E-state index contributed by atoms with van der Waals surface area (Å²) in [5.41, 5.74) is 0. The molecule has 3 atom stereocenters. The lowest BCUT2D eigenvalue weighted by Crippen LogP contribution is -2.45. The maximum atomic E-state index is 12.4. The van der Waals surface area contributed by atoms with E-state index in [0.29, 0.717) is 18.8 Å². The van der Waals surface area contributed by atoms with Crippen LogP contribution in [-0.2, 0) is 9.59 Å². The molecule has 1 fully saturated rings. The molecule has 2 aliphatic rings. The molecule has 1 unspecified atom stereocenters. The van der Waals surface area contributed by atoms with Gasteiger partial charge in [0, 0.05) is 6.04 Å². The fraction of sp³-hybridized carbons (Fsp3) is 0.750. The lowest BCUT2D eigenvalue weighted by atomic mass is 9.81. The second kappa shape index (κ2) is 6.91. The van der Waals surface area contributed by atoms with Crippen LogP contribution in [0.4, 0.5) is 0 Å². The van der Waals surface area contributed by atoms with Gasteiger partial charge in [0.25, 0.3) is 0 Å². The van der Waals surface area contributed by atoms with E-state index in [2.05, 4.69) is 12.2 Å². The number of hydrogen-bond donors (Lipinski definition) is 2. The van der Waals surface area contributed by atoms with E-state index in [4.69, 9.17) is 0 Å². The first-order valence-corrected chi connectivity index (χ1v) is 7.77. The SMILES string of the molecule is CC(NC(=O)[C@@H]1CC=CC[C@@H]1C(=O)O)C1CCCCC1. The molecular formula is C16H25NO3. The molecule has 0 saturated heterocycles. The molecule has 0 heterocycles. The number of carboxylic acid groups (broad SMARTS) is 1. The van der Waals surface area contributed by atoms with Crippen molar-refractivity contribution in [1.29, 1.82) is 0 Å². The van der Waals surface area contributed by atoms with Gasteiger partial charge in [-0.15, -0.1) is 0 Å². The summed E-state index contributed by atoms with van der Waals surface area (Å²) >= 11 is 0. The van der Waals surface area contributed by atoms with E-state index in [1.165, 1.54) is 32.1 Å². The molecule has 2 N–H and O–H groups in total. The highest BCUT2D eigenvalue weighted by molar-refractivity contribution is 5.85. The minimum atomic E-state index is -0.861. The zero-order chi connectivity index (χ0) is 14.5. The van der Waals surface area contributed by atoms with Crippen LogP contribution in [0.25, 0.3) is 0 Å². The summed E-state index contributed by atoms with van der Waals surface area (Å²) in [6.07, 6.45) is 10.9. The van der Waals surface area contributed by atoms with Gasteiger partial charge in [-0.1, -0.05) is 31.4 Å². The third-order valence-corrected chi connectivity index (χ3v) is 4.81. The van der Waals surface area contributed by atoms with E-state index < -0.39 is 17.8 Å². The molecule has 1 amide bonds. The van der Waals surface area contributed by atoms with Crippen LogP contribution in [0.15, 0.2) is 12.2 Å². The highest BCUT2D eigenvalue weighted by Gasteiger charge is 2.35. The number of hydrogen-bond acceptors (Lipinski definition) is 2. The van der Waals surface area contributed by atoms with Crippen molar-refractivity contribution in [3.8, 4) is 0 Å². The molecule has 0 radical (unpaired) electrons. The fourth-order valence-electron chi connectivity index (χ4n) is 3.46. The molecule has 0 aliphatic heterocycles. The summed E-state index contributed by atoms with van der Waals surface area (Å²) in [5, 5.41) is 12.3. The predicted molar refractivity (Wildman–Crippen MR) is 77.2 cm³/mol. The molecule has 0 aromatic rings. The Labute approximate surface area is 120 Å². The second-order valence-corrected chi connectivity index (χ2v) is 6.19. The highest BCUT2D eigenvalue weighted by atomic mass is 16.4. The number of nitrogens with one attached hydrogen (secondary N) is 1. The Morgan fingerprint density at radius 3 is 2.30 bits per heavy atom. The van der Waals surface area contributed by atoms with Gasteiger partial charge in [-0.05, 0) is 38.5 Å². The number of aliphatic carboxylic acids is 1. The van der Waals surface area contributed by atoms with Crippen molar-refractivity contribution in [3.05, 3.63) is 12.2 Å². The summed E-state index contributed by atoms with van der Waals surface area (Å²) in [4.78, 5) is 23.6. The van der Waals surface area contributed by atoms with E-state index in [9.17, 15) is 14.7 Å². The van der Waals surface area contributed by atoms with Crippen LogP contribution in [0.2, 0.25) is 0 Å². The van der Waals surface area contributed by atoms with Gasteiger partial charge >= 0.3 is 5.97 Å². The van der Waals surface area contributed by atoms with Gasteiger partial charge in [0.2, 0.25) is 5.91 Å². The number of amides is 1.